The first-order chi connectivity index (χ1) is 8.64. The molecule has 0 aromatic heterocycles. The zero-order chi connectivity index (χ0) is 13.0. The van der Waals surface area contributed by atoms with E-state index < -0.39 is 0 Å². The predicted molar refractivity (Wildman–Crippen MR) is 79.0 cm³/mol. The third kappa shape index (κ3) is 3.48. The second-order valence-electron chi connectivity index (χ2n) is 6.80. The fourth-order valence-electron chi connectivity index (χ4n) is 3.68. The van der Waals surface area contributed by atoms with Gasteiger partial charge in [-0.2, -0.15) is 0 Å². The molecule has 2 unspecified atom stereocenters. The molecule has 1 aliphatic carbocycles. The van der Waals surface area contributed by atoms with Crippen LogP contribution in [0.5, 0.6) is 0 Å². The molecule has 0 bridgehead atoms. The smallest absolute Gasteiger partial charge is 0.0278 e. The van der Waals surface area contributed by atoms with Crippen LogP contribution in [-0.4, -0.2) is 35.6 Å². The van der Waals surface area contributed by atoms with Crippen molar-refractivity contribution in [2.24, 2.45) is 0 Å². The molecule has 2 nitrogen and oxygen atoms in total. The third-order valence-electron chi connectivity index (χ3n) is 5.29. The lowest BCUT2D eigenvalue weighted by atomic mass is 9.96. The molecule has 0 aromatic rings. The molecular formula is C16H32N2. The lowest BCUT2D eigenvalue weighted by Crippen LogP contribution is -2.52. The van der Waals surface area contributed by atoms with E-state index in [0.717, 1.165) is 12.1 Å². The minimum absolute atomic E-state index is 0.330. The summed E-state index contributed by atoms with van der Waals surface area (Å²) in [6, 6.07) is 1.61. The molecule has 2 atom stereocenters. The van der Waals surface area contributed by atoms with Gasteiger partial charge >= 0.3 is 0 Å². The highest BCUT2D eigenvalue weighted by Gasteiger charge is 2.33. The average Bonchev–Trinajstić information content (AvgIpc) is 2.70. The van der Waals surface area contributed by atoms with Gasteiger partial charge in [0.05, 0.1) is 0 Å². The van der Waals surface area contributed by atoms with Crippen LogP contribution in [-0.2, 0) is 0 Å². The summed E-state index contributed by atoms with van der Waals surface area (Å²) in [4.78, 5) is 2.84. The second-order valence-corrected chi connectivity index (χ2v) is 6.80. The highest BCUT2D eigenvalue weighted by molar-refractivity contribution is 4.93. The van der Waals surface area contributed by atoms with E-state index in [1.807, 2.05) is 0 Å². The van der Waals surface area contributed by atoms with Crippen LogP contribution >= 0.6 is 0 Å². The van der Waals surface area contributed by atoms with E-state index in [1.54, 1.807) is 0 Å². The molecule has 0 aromatic carbocycles. The van der Waals surface area contributed by atoms with Crippen LogP contribution in [0.1, 0.15) is 72.1 Å². The minimum Gasteiger partial charge on any atom is -0.310 e. The van der Waals surface area contributed by atoms with E-state index in [9.17, 15) is 0 Å². The van der Waals surface area contributed by atoms with Crippen molar-refractivity contribution in [1.82, 2.24) is 10.2 Å². The molecule has 2 heteroatoms. The molecular weight excluding hydrogens is 220 g/mol. The van der Waals surface area contributed by atoms with E-state index in [0.29, 0.717) is 5.54 Å². The second kappa shape index (κ2) is 6.38. The third-order valence-corrected chi connectivity index (χ3v) is 5.29. The maximum absolute atomic E-state index is 3.78. The van der Waals surface area contributed by atoms with E-state index in [1.165, 1.54) is 64.5 Å². The zero-order valence-electron chi connectivity index (χ0n) is 12.7. The summed E-state index contributed by atoms with van der Waals surface area (Å²) in [7, 11) is 0. The molecule has 0 amide bonds. The Morgan fingerprint density at radius 1 is 1.11 bits per heavy atom. The molecule has 2 fully saturated rings. The van der Waals surface area contributed by atoms with Gasteiger partial charge in [0, 0.05) is 24.2 Å². The molecule has 1 aliphatic heterocycles. The van der Waals surface area contributed by atoms with Crippen molar-refractivity contribution in [3.05, 3.63) is 0 Å². The molecule has 18 heavy (non-hydrogen) atoms. The quantitative estimate of drug-likeness (QED) is 0.756. The minimum atomic E-state index is 0.330. The van der Waals surface area contributed by atoms with Gasteiger partial charge in [-0.15, -0.1) is 0 Å². The molecule has 1 saturated carbocycles. The monoisotopic (exact) mass is 252 g/mol. The van der Waals surface area contributed by atoms with Crippen LogP contribution in [0.15, 0.2) is 0 Å². The van der Waals surface area contributed by atoms with Gasteiger partial charge in [-0.1, -0.05) is 32.6 Å². The Morgan fingerprint density at radius 3 is 2.39 bits per heavy atom. The number of nitrogens with one attached hydrogen (secondary N) is 1. The Labute approximate surface area is 114 Å². The van der Waals surface area contributed by atoms with Crippen LogP contribution in [0.4, 0.5) is 0 Å². The van der Waals surface area contributed by atoms with Gasteiger partial charge < -0.3 is 5.32 Å². The lowest BCUT2D eigenvalue weighted by Gasteiger charge is -2.40. The number of hydrogen-bond acceptors (Lipinski definition) is 2. The Balaban J connectivity index is 2.06. The van der Waals surface area contributed by atoms with Gasteiger partial charge in [-0.25, -0.2) is 0 Å². The highest BCUT2D eigenvalue weighted by Crippen LogP contribution is 2.28. The van der Waals surface area contributed by atoms with Crippen LogP contribution in [0.3, 0.4) is 0 Å². The van der Waals surface area contributed by atoms with Crippen molar-refractivity contribution in [2.75, 3.05) is 13.1 Å². The number of nitrogens with zero attached hydrogens (tertiary/aromatic N) is 1. The van der Waals surface area contributed by atoms with Crippen molar-refractivity contribution in [2.45, 2.75) is 89.8 Å². The molecule has 1 N–H and O–H groups in total. The van der Waals surface area contributed by atoms with Gasteiger partial charge in [0.1, 0.15) is 0 Å². The maximum Gasteiger partial charge on any atom is 0.0278 e. The van der Waals surface area contributed by atoms with Gasteiger partial charge in [0.15, 0.2) is 0 Å². The normalized spacial score (nSPS) is 37.2. The summed E-state index contributed by atoms with van der Waals surface area (Å²) < 4.78 is 0. The largest absolute Gasteiger partial charge is 0.310 e. The fourth-order valence-corrected chi connectivity index (χ4v) is 3.68. The number of hydrogen-bond donors (Lipinski definition) is 1. The average molecular weight is 252 g/mol. The Morgan fingerprint density at radius 2 is 1.78 bits per heavy atom. The first kappa shape index (κ1) is 14.3. The summed E-state index contributed by atoms with van der Waals surface area (Å²) >= 11 is 0. The van der Waals surface area contributed by atoms with E-state index in [2.05, 4.69) is 31.0 Å². The summed E-state index contributed by atoms with van der Waals surface area (Å²) in [5, 5.41) is 3.78. The van der Waals surface area contributed by atoms with Crippen LogP contribution in [0.2, 0.25) is 0 Å². The molecule has 2 rings (SSSR count). The summed E-state index contributed by atoms with van der Waals surface area (Å²) in [6.07, 6.45) is 11.2. The Bertz CT molecular complexity index is 245. The Hall–Kier alpha value is -0.0800. The predicted octanol–water partition coefficient (Wildman–Crippen LogP) is 3.56. The van der Waals surface area contributed by atoms with Crippen molar-refractivity contribution in [3.63, 3.8) is 0 Å². The van der Waals surface area contributed by atoms with Crippen molar-refractivity contribution in [1.29, 1.82) is 0 Å². The van der Waals surface area contributed by atoms with E-state index >= 15 is 0 Å². The van der Waals surface area contributed by atoms with E-state index in [4.69, 9.17) is 0 Å². The van der Waals surface area contributed by atoms with Crippen molar-refractivity contribution in [3.8, 4) is 0 Å². The first-order valence-corrected chi connectivity index (χ1v) is 8.15. The zero-order valence-corrected chi connectivity index (χ0v) is 12.7. The van der Waals surface area contributed by atoms with Crippen LogP contribution < -0.4 is 5.32 Å². The molecule has 1 saturated heterocycles. The maximum atomic E-state index is 3.78. The topological polar surface area (TPSA) is 15.3 Å². The molecule has 2 aliphatic rings. The molecule has 0 radical (unpaired) electrons. The summed E-state index contributed by atoms with van der Waals surface area (Å²) in [6.45, 7) is 9.61. The summed E-state index contributed by atoms with van der Waals surface area (Å²) in [5.74, 6) is 0. The van der Waals surface area contributed by atoms with E-state index in [-0.39, 0.29) is 0 Å². The lowest BCUT2D eigenvalue weighted by molar-refractivity contribution is 0.106. The first-order valence-electron chi connectivity index (χ1n) is 8.15. The molecule has 1 heterocycles. The van der Waals surface area contributed by atoms with Crippen molar-refractivity contribution < 1.29 is 0 Å². The van der Waals surface area contributed by atoms with Crippen LogP contribution in [0.25, 0.3) is 0 Å². The molecule has 106 valence electrons. The highest BCUT2D eigenvalue weighted by atomic mass is 15.2. The molecule has 0 spiro atoms. The summed E-state index contributed by atoms with van der Waals surface area (Å²) in [5.41, 5.74) is 0.330. The standard InChI is InChI=1S/C16H32N2/c1-4-16(3)13-18(14(2)11-12-17-16)15-9-7-5-6-8-10-15/h14-15,17H,4-13H2,1-3H3. The van der Waals surface area contributed by atoms with Crippen molar-refractivity contribution >= 4 is 0 Å². The van der Waals surface area contributed by atoms with Gasteiger partial charge in [0.25, 0.3) is 0 Å². The van der Waals surface area contributed by atoms with Gasteiger partial charge in [-0.05, 0) is 46.1 Å². The number of rotatable bonds is 2. The van der Waals surface area contributed by atoms with Gasteiger partial charge in [0.2, 0.25) is 0 Å². The Kier molecular flexibility index (Phi) is 5.08. The van der Waals surface area contributed by atoms with Crippen LogP contribution in [0, 0.1) is 0 Å². The fraction of sp³-hybridized carbons (Fsp3) is 1.00. The SMILES string of the molecule is CCC1(C)CN(C2CCCCCC2)C(C)CCN1. The van der Waals surface area contributed by atoms with Gasteiger partial charge in [-0.3, -0.25) is 4.90 Å².